The Hall–Kier alpha value is -0.380. The molecule has 0 saturated carbocycles. The van der Waals surface area contributed by atoms with Gasteiger partial charge >= 0.3 is 0 Å². The summed E-state index contributed by atoms with van der Waals surface area (Å²) in [5.41, 5.74) is 7.42. The average molecular weight is 282 g/mol. The summed E-state index contributed by atoms with van der Waals surface area (Å²) in [6, 6.07) is 8.41. The number of hydrogen-bond donors (Lipinski definition) is 1. The lowest BCUT2D eigenvalue weighted by Gasteiger charge is -2.35. The van der Waals surface area contributed by atoms with E-state index >= 15 is 0 Å². The summed E-state index contributed by atoms with van der Waals surface area (Å²) in [6.45, 7) is 0.677. The summed E-state index contributed by atoms with van der Waals surface area (Å²) in [5, 5.41) is 0. The fraction of sp³-hybridized carbons (Fsp3) is 0.538. The minimum absolute atomic E-state index is 0.0447. The van der Waals surface area contributed by atoms with Crippen LogP contribution in [0, 0.1) is 0 Å². The van der Waals surface area contributed by atoms with Gasteiger partial charge in [0.05, 0.1) is 12.2 Å². The molecule has 2 aliphatic rings. The van der Waals surface area contributed by atoms with E-state index < -0.39 is 0 Å². The molecule has 2 nitrogen and oxygen atoms in total. The van der Waals surface area contributed by atoms with Crippen LogP contribution >= 0.6 is 15.9 Å². The summed E-state index contributed by atoms with van der Waals surface area (Å²) in [5.74, 6) is 0. The number of halogens is 1. The van der Waals surface area contributed by atoms with Crippen LogP contribution in [0.25, 0.3) is 0 Å². The summed E-state index contributed by atoms with van der Waals surface area (Å²) in [6.07, 6.45) is 4.19. The van der Waals surface area contributed by atoms with E-state index in [1.165, 1.54) is 12.0 Å². The average Bonchev–Trinajstić information content (AvgIpc) is 2.90. The third-order valence-electron chi connectivity index (χ3n) is 4.09. The van der Waals surface area contributed by atoms with Gasteiger partial charge in [0.2, 0.25) is 0 Å². The highest BCUT2D eigenvalue weighted by Gasteiger charge is 2.52. The molecule has 3 unspecified atom stereocenters. The minimum Gasteiger partial charge on any atom is -0.374 e. The Morgan fingerprint density at radius 3 is 2.75 bits per heavy atom. The summed E-state index contributed by atoms with van der Waals surface area (Å²) in [7, 11) is 0. The number of fused-ring (bicyclic) bond motifs is 2. The van der Waals surface area contributed by atoms with Crippen LogP contribution in [-0.2, 0) is 10.2 Å². The molecular weight excluding hydrogens is 266 g/mol. The van der Waals surface area contributed by atoms with Crippen LogP contribution < -0.4 is 5.73 Å². The highest BCUT2D eigenvalue weighted by atomic mass is 79.9. The Morgan fingerprint density at radius 1 is 1.38 bits per heavy atom. The number of rotatable bonds is 2. The monoisotopic (exact) mass is 281 g/mol. The predicted octanol–water partition coefficient (Wildman–Crippen LogP) is 2.60. The molecule has 0 aliphatic carbocycles. The molecule has 1 aromatic rings. The maximum Gasteiger partial charge on any atom is 0.0689 e. The number of benzene rings is 1. The third-order valence-corrected chi connectivity index (χ3v) is 4.78. The molecule has 16 heavy (non-hydrogen) atoms. The van der Waals surface area contributed by atoms with Gasteiger partial charge < -0.3 is 10.5 Å². The largest absolute Gasteiger partial charge is 0.374 e. The molecule has 1 aromatic carbocycles. The SMILES string of the molecule is NCC1(c2ccccc2Br)CC2CCC1O2. The first kappa shape index (κ1) is 10.8. The van der Waals surface area contributed by atoms with E-state index in [0.717, 1.165) is 17.3 Å². The van der Waals surface area contributed by atoms with Gasteiger partial charge in [-0.05, 0) is 30.9 Å². The molecule has 2 N–H and O–H groups in total. The quantitative estimate of drug-likeness (QED) is 0.905. The van der Waals surface area contributed by atoms with Crippen molar-refractivity contribution in [2.24, 2.45) is 5.73 Å². The van der Waals surface area contributed by atoms with E-state index in [1.54, 1.807) is 0 Å². The number of nitrogens with two attached hydrogens (primary N) is 1. The lowest BCUT2D eigenvalue weighted by molar-refractivity contribution is 0.0856. The van der Waals surface area contributed by atoms with Gasteiger partial charge in [0.25, 0.3) is 0 Å². The second-order valence-corrected chi connectivity index (χ2v) is 5.72. The molecule has 2 fully saturated rings. The number of hydrogen-bond acceptors (Lipinski definition) is 2. The Morgan fingerprint density at radius 2 is 2.19 bits per heavy atom. The van der Waals surface area contributed by atoms with E-state index in [2.05, 4.69) is 34.1 Å². The Bertz CT molecular complexity index is 409. The predicted molar refractivity (Wildman–Crippen MR) is 67.4 cm³/mol. The first-order chi connectivity index (χ1) is 7.76. The molecule has 3 atom stereocenters. The zero-order valence-electron chi connectivity index (χ0n) is 9.16. The van der Waals surface area contributed by atoms with Crippen LogP contribution in [0.1, 0.15) is 24.8 Å². The molecule has 3 rings (SSSR count). The fourth-order valence-corrected chi connectivity index (χ4v) is 3.95. The van der Waals surface area contributed by atoms with Crippen LogP contribution in [0.5, 0.6) is 0 Å². The van der Waals surface area contributed by atoms with Crippen molar-refractivity contribution in [3.63, 3.8) is 0 Å². The maximum atomic E-state index is 6.06. The van der Waals surface area contributed by atoms with Crippen molar-refractivity contribution >= 4 is 15.9 Å². The van der Waals surface area contributed by atoms with Crippen LogP contribution in [0.4, 0.5) is 0 Å². The van der Waals surface area contributed by atoms with Crippen molar-refractivity contribution < 1.29 is 4.74 Å². The van der Waals surface area contributed by atoms with Gasteiger partial charge in [-0.15, -0.1) is 0 Å². The molecule has 3 heteroatoms. The molecule has 2 heterocycles. The zero-order valence-corrected chi connectivity index (χ0v) is 10.7. The smallest absolute Gasteiger partial charge is 0.0689 e. The second kappa shape index (κ2) is 3.83. The van der Waals surface area contributed by atoms with Crippen molar-refractivity contribution in [3.05, 3.63) is 34.3 Å². The van der Waals surface area contributed by atoms with Crippen LogP contribution in [0.2, 0.25) is 0 Å². The van der Waals surface area contributed by atoms with Gasteiger partial charge in [0.15, 0.2) is 0 Å². The van der Waals surface area contributed by atoms with Crippen LogP contribution in [0.15, 0.2) is 28.7 Å². The standard InChI is InChI=1S/C13H16BrNO/c14-11-4-2-1-3-10(11)13(8-15)7-9-5-6-12(13)16-9/h1-4,9,12H,5-8,15H2. The van der Waals surface area contributed by atoms with E-state index in [0.29, 0.717) is 18.8 Å². The van der Waals surface area contributed by atoms with E-state index in [-0.39, 0.29) is 5.41 Å². The van der Waals surface area contributed by atoms with Crippen molar-refractivity contribution in [1.82, 2.24) is 0 Å². The van der Waals surface area contributed by atoms with Crippen molar-refractivity contribution in [3.8, 4) is 0 Å². The van der Waals surface area contributed by atoms with E-state index in [4.69, 9.17) is 10.5 Å². The molecule has 0 aromatic heterocycles. The summed E-state index contributed by atoms with van der Waals surface area (Å²) < 4.78 is 7.15. The van der Waals surface area contributed by atoms with Gasteiger partial charge in [0.1, 0.15) is 0 Å². The fourth-order valence-electron chi connectivity index (χ4n) is 3.27. The van der Waals surface area contributed by atoms with Gasteiger partial charge in [-0.2, -0.15) is 0 Å². The Labute approximate surface area is 104 Å². The van der Waals surface area contributed by atoms with E-state index in [1.807, 2.05) is 6.07 Å². The second-order valence-electron chi connectivity index (χ2n) is 4.87. The van der Waals surface area contributed by atoms with Gasteiger partial charge in [-0.1, -0.05) is 34.1 Å². The minimum atomic E-state index is 0.0447. The molecule has 0 spiro atoms. The van der Waals surface area contributed by atoms with Crippen LogP contribution in [-0.4, -0.2) is 18.8 Å². The van der Waals surface area contributed by atoms with Crippen LogP contribution in [0.3, 0.4) is 0 Å². The van der Waals surface area contributed by atoms with Crippen molar-refractivity contribution in [1.29, 1.82) is 0 Å². The highest BCUT2D eigenvalue weighted by molar-refractivity contribution is 9.10. The topological polar surface area (TPSA) is 35.2 Å². The first-order valence-corrected chi connectivity index (χ1v) is 6.66. The molecule has 2 aliphatic heterocycles. The first-order valence-electron chi connectivity index (χ1n) is 5.87. The molecule has 86 valence electrons. The summed E-state index contributed by atoms with van der Waals surface area (Å²) >= 11 is 3.64. The molecule has 2 saturated heterocycles. The number of ether oxygens (including phenoxy) is 1. The molecule has 2 bridgehead atoms. The van der Waals surface area contributed by atoms with Gasteiger partial charge in [-0.25, -0.2) is 0 Å². The van der Waals surface area contributed by atoms with Gasteiger partial charge in [0, 0.05) is 16.4 Å². The van der Waals surface area contributed by atoms with Crippen molar-refractivity contribution in [2.45, 2.75) is 36.9 Å². The Kier molecular flexibility index (Phi) is 2.57. The molecule has 0 radical (unpaired) electrons. The third kappa shape index (κ3) is 1.38. The van der Waals surface area contributed by atoms with E-state index in [9.17, 15) is 0 Å². The lowest BCUT2D eigenvalue weighted by atomic mass is 9.69. The Balaban J connectivity index is 2.06. The highest BCUT2D eigenvalue weighted by Crippen LogP contribution is 2.50. The zero-order chi connectivity index (χ0) is 11.2. The summed E-state index contributed by atoms with van der Waals surface area (Å²) in [4.78, 5) is 0. The lowest BCUT2D eigenvalue weighted by Crippen LogP contribution is -2.44. The normalized spacial score (nSPS) is 36.9. The molecule has 0 amide bonds. The van der Waals surface area contributed by atoms with Gasteiger partial charge in [-0.3, -0.25) is 0 Å². The maximum absolute atomic E-state index is 6.06. The molecular formula is C13H16BrNO. The van der Waals surface area contributed by atoms with Crippen molar-refractivity contribution in [2.75, 3.05) is 6.54 Å².